The van der Waals surface area contributed by atoms with E-state index in [1.165, 1.54) is 24.3 Å². The van der Waals surface area contributed by atoms with Crippen LogP contribution in [0.3, 0.4) is 0 Å². The first-order valence-corrected chi connectivity index (χ1v) is 20.5. The fourth-order valence-corrected chi connectivity index (χ4v) is 9.75. The molecule has 37 heteroatoms. The van der Waals surface area contributed by atoms with E-state index in [9.17, 15) is 145 Å². The Morgan fingerprint density at radius 1 is 0.306 bits per heavy atom. The molecular weight excluding hydrogens is 1160 g/mol. The van der Waals surface area contributed by atoms with Crippen molar-refractivity contribution in [1.82, 2.24) is 5.12 Å². The van der Waals surface area contributed by atoms with Gasteiger partial charge in [0, 0.05) is 52.2 Å². The van der Waals surface area contributed by atoms with Gasteiger partial charge in [-0.25, -0.2) is 0 Å². The molecule has 0 bridgehead atoms. The molecule has 3 heterocycles. The number of aryl methyl sites for hydroxylation is 2. The highest BCUT2D eigenvalue weighted by atomic mass is 32.1. The van der Waals surface area contributed by atoms with Crippen LogP contribution in [0, 0.1) is 0 Å². The smallest absolute Gasteiger partial charge is 0.200 e. The number of hydrogen-bond acceptors (Lipinski definition) is 4. The summed E-state index contributed by atoms with van der Waals surface area (Å²) in [7, 11) is 0. The van der Waals surface area contributed by atoms with E-state index < -0.39 is 130 Å². The monoisotopic (exact) mass is 1170 g/mol. The summed E-state index contributed by atoms with van der Waals surface area (Å²) in [5.74, 6) is -88.1. The Labute approximate surface area is 385 Å². The molecule has 3 aromatic heterocycles. The predicted octanol–water partition coefficient (Wildman–Crippen LogP) is 17.8. The molecule has 5 rings (SSSR count). The minimum Gasteiger partial charge on any atom is -0.200 e. The Kier molecular flexibility index (Phi) is 13.8. The van der Waals surface area contributed by atoms with E-state index >= 15 is 0 Å². The highest BCUT2D eigenvalue weighted by molar-refractivity contribution is 7.27. The number of thiophene rings is 3. The van der Waals surface area contributed by atoms with Gasteiger partial charge in [0.25, 0.3) is 0 Å². The zero-order valence-corrected chi connectivity index (χ0v) is 35.4. The maximum absolute atomic E-state index is 14.6. The lowest BCUT2D eigenvalue weighted by Crippen LogP contribution is -2.74. The first-order valence-electron chi connectivity index (χ1n) is 18.0. The van der Waals surface area contributed by atoms with Crippen molar-refractivity contribution in [2.75, 3.05) is 0 Å². The van der Waals surface area contributed by atoms with Crippen molar-refractivity contribution < 1.29 is 145 Å². The van der Waals surface area contributed by atoms with E-state index in [0.29, 0.717) is 22.7 Å². The number of alkyl halides is 32. The molecule has 0 N–H and O–H groups in total. The van der Waals surface area contributed by atoms with Crippen LogP contribution in [0.5, 0.6) is 0 Å². The third kappa shape index (κ3) is 8.30. The second-order valence-corrected chi connectivity index (χ2v) is 18.7. The molecule has 0 radical (unpaired) electrons. The van der Waals surface area contributed by atoms with Crippen molar-refractivity contribution in [2.24, 2.45) is 0 Å². The number of fused-ring (bicyclic) bond motifs is 5. The van der Waals surface area contributed by atoms with Gasteiger partial charge in [-0.2, -0.15) is 140 Å². The molecule has 408 valence electrons. The van der Waals surface area contributed by atoms with Gasteiger partial charge in [0.2, 0.25) is 0 Å². The SMILES string of the molecule is FN(C(F)(F)C(F)(F)C(F)(F)F)C(F)(F)C(F)(F)C(F)(F)C(F)(F)CCc1cc2cc3c(cc2s1)sc1cc2sc(CCC(F)(F)C(F)(F)C(F)(F)C(F)(F)C(F)(F)C(F)(F)C(F)(F)C(F)(F)F)cc2cc13. The minimum absolute atomic E-state index is 0.0146. The van der Waals surface area contributed by atoms with Crippen LogP contribution < -0.4 is 0 Å². The van der Waals surface area contributed by atoms with Gasteiger partial charge in [-0.3, -0.25) is 0 Å². The summed E-state index contributed by atoms with van der Waals surface area (Å²) in [6.45, 7) is 0. The van der Waals surface area contributed by atoms with Crippen molar-refractivity contribution in [3.8, 4) is 0 Å². The average Bonchev–Trinajstić information content (AvgIpc) is 3.91. The van der Waals surface area contributed by atoms with Crippen LogP contribution in [-0.2, 0) is 12.8 Å². The van der Waals surface area contributed by atoms with E-state index in [4.69, 9.17) is 0 Å². The molecule has 0 saturated carbocycles. The predicted molar refractivity (Wildman–Crippen MR) is 186 cm³/mol. The van der Waals surface area contributed by atoms with Gasteiger partial charge in [0.15, 0.2) is 0 Å². The summed E-state index contributed by atoms with van der Waals surface area (Å²) in [6, 6.07) is -9.77. The zero-order chi connectivity index (χ0) is 56.0. The quantitative estimate of drug-likeness (QED) is 0.0480. The van der Waals surface area contributed by atoms with E-state index in [0.717, 1.165) is 23.5 Å². The standard InChI is InChI=1S/C35H14F33NS3/c36-21(37,23(40,41)25(44,45)26(46,47)27(48,49)28(50,51)29(52,53)32(58,59)60)3-1-13-5-11-7-15-16-8-12-6-14(71-18(12)10-20(16)72-19(15)9-17(11)70-13)2-4-22(38,39)24(42,43)30(54,55)34(64,65)69(68)35(66,67)31(56,57)33(61,62)63/h5-10H,1-4H2. The van der Waals surface area contributed by atoms with Crippen LogP contribution in [0.15, 0.2) is 36.4 Å². The van der Waals surface area contributed by atoms with Crippen molar-refractivity contribution in [2.45, 2.75) is 115 Å². The van der Waals surface area contributed by atoms with Gasteiger partial charge in [-0.05, 0) is 65.1 Å². The first-order chi connectivity index (χ1) is 31.7. The summed E-state index contributed by atoms with van der Waals surface area (Å²) in [4.78, 5) is -1.04. The van der Waals surface area contributed by atoms with Gasteiger partial charge in [-0.15, -0.1) is 38.5 Å². The van der Waals surface area contributed by atoms with Crippen molar-refractivity contribution in [1.29, 1.82) is 0 Å². The maximum Gasteiger partial charge on any atom is 0.461 e. The molecule has 0 saturated heterocycles. The summed E-state index contributed by atoms with van der Waals surface area (Å²) in [5, 5.41) is -4.45. The molecule has 0 atom stereocenters. The van der Waals surface area contributed by atoms with Crippen LogP contribution in [0.2, 0.25) is 0 Å². The van der Waals surface area contributed by atoms with E-state index in [1.54, 1.807) is 0 Å². The lowest BCUT2D eigenvalue weighted by Gasteiger charge is -2.42. The summed E-state index contributed by atoms with van der Waals surface area (Å²) >= 11 is 1.61. The Balaban J connectivity index is 1.37. The molecule has 0 amide bonds. The first kappa shape index (κ1) is 59.1. The fraction of sp³-hybridized carbons (Fsp3) is 0.543. The summed E-state index contributed by atoms with van der Waals surface area (Å²) in [6.07, 6.45) is -24.2. The zero-order valence-electron chi connectivity index (χ0n) is 32.9. The fourth-order valence-electron chi connectivity index (χ4n) is 6.28. The van der Waals surface area contributed by atoms with E-state index in [2.05, 4.69) is 0 Å². The molecule has 2 aromatic carbocycles. The number of benzene rings is 2. The molecule has 72 heavy (non-hydrogen) atoms. The highest BCUT2D eigenvalue weighted by Gasteiger charge is 2.95. The number of nitrogens with zero attached hydrogens (tertiary/aromatic N) is 1. The normalized spacial score (nSPS) is 15.9. The molecule has 0 unspecified atom stereocenters. The maximum atomic E-state index is 14.6. The van der Waals surface area contributed by atoms with E-state index in [-0.39, 0.29) is 40.3 Å². The van der Waals surface area contributed by atoms with Crippen molar-refractivity contribution in [3.63, 3.8) is 0 Å². The van der Waals surface area contributed by atoms with Gasteiger partial charge in [-0.1, -0.05) is 0 Å². The van der Waals surface area contributed by atoms with Crippen molar-refractivity contribution in [3.05, 3.63) is 46.2 Å². The summed E-state index contributed by atoms with van der Waals surface area (Å²) < 4.78 is 451. The minimum atomic E-state index is -8.81. The summed E-state index contributed by atoms with van der Waals surface area (Å²) in [5.41, 5.74) is 0. The molecule has 0 fully saturated rings. The molecule has 5 aromatic rings. The van der Waals surface area contributed by atoms with Gasteiger partial charge >= 0.3 is 89.6 Å². The van der Waals surface area contributed by atoms with Gasteiger partial charge < -0.3 is 0 Å². The van der Waals surface area contributed by atoms with Crippen LogP contribution in [0.25, 0.3) is 40.3 Å². The van der Waals surface area contributed by atoms with E-state index in [1.807, 2.05) is 0 Å². The number of halogens is 33. The Morgan fingerprint density at radius 3 is 0.931 bits per heavy atom. The van der Waals surface area contributed by atoms with Crippen LogP contribution in [-0.4, -0.2) is 94.7 Å². The topological polar surface area (TPSA) is 3.24 Å². The molecule has 0 spiro atoms. The Hall–Kier alpha value is -3.77. The second kappa shape index (κ2) is 16.9. The molecule has 0 aliphatic rings. The van der Waals surface area contributed by atoms with Crippen LogP contribution >= 0.6 is 34.0 Å². The number of rotatable bonds is 18. The average molecular weight is 1170 g/mol. The Bertz CT molecular complexity index is 2820. The number of hydrogen-bond donors (Lipinski definition) is 0. The molecule has 0 aliphatic carbocycles. The highest BCUT2D eigenvalue weighted by Crippen LogP contribution is 2.65. The molecule has 0 aliphatic heterocycles. The third-order valence-corrected chi connectivity index (χ3v) is 13.9. The van der Waals surface area contributed by atoms with Crippen LogP contribution in [0.4, 0.5) is 145 Å². The lowest BCUT2D eigenvalue weighted by atomic mass is 9.88. The molecular formula is C35H14F33NS3. The molecule has 1 nitrogen and oxygen atoms in total. The largest absolute Gasteiger partial charge is 0.461 e. The lowest BCUT2D eigenvalue weighted by molar-refractivity contribution is -0.493. The van der Waals surface area contributed by atoms with Gasteiger partial charge in [0.05, 0.1) is 0 Å². The van der Waals surface area contributed by atoms with Gasteiger partial charge in [0.1, 0.15) is 0 Å². The van der Waals surface area contributed by atoms with Crippen molar-refractivity contribution >= 4 is 74.4 Å². The Morgan fingerprint density at radius 2 is 0.597 bits per heavy atom. The third-order valence-electron chi connectivity index (χ3n) is 10.5. The second-order valence-electron chi connectivity index (χ2n) is 15.2. The van der Waals surface area contributed by atoms with Crippen LogP contribution in [0.1, 0.15) is 22.6 Å².